The van der Waals surface area contributed by atoms with E-state index >= 15 is 0 Å². The maximum atomic E-state index is 13.1. The number of nitrogens with zero attached hydrogens (tertiary/aromatic N) is 2. The molecule has 1 atom stereocenters. The highest BCUT2D eigenvalue weighted by molar-refractivity contribution is 7.92. The highest BCUT2D eigenvalue weighted by Gasteiger charge is 2.32. The number of sulfone groups is 1. The topological polar surface area (TPSA) is 111 Å². The third-order valence-electron chi connectivity index (χ3n) is 4.43. The van der Waals surface area contributed by atoms with Gasteiger partial charge in [0.1, 0.15) is 17.3 Å². The van der Waals surface area contributed by atoms with Crippen molar-refractivity contribution in [3.63, 3.8) is 0 Å². The molecule has 0 spiro atoms. The van der Waals surface area contributed by atoms with Crippen LogP contribution in [0.15, 0.2) is 58.0 Å². The lowest BCUT2D eigenvalue weighted by Crippen LogP contribution is -2.20. The molecule has 8 nitrogen and oxygen atoms in total. The number of hydrogen-bond donors (Lipinski definition) is 1. The number of sulfonamides is 1. The zero-order chi connectivity index (χ0) is 19.9. The van der Waals surface area contributed by atoms with Crippen molar-refractivity contribution in [1.82, 2.24) is 9.78 Å². The lowest BCUT2D eigenvalue weighted by molar-refractivity contribution is 0.504. The van der Waals surface area contributed by atoms with E-state index in [1.807, 2.05) is 0 Å². The standard InChI is InChI=1S/C17H16FN3O5S2/c18-12-3-5-14(6-4-12)28(24,25)20-17-10-15(16-2-1-8-26-16)19-21(17)13-7-9-27(22,23)11-13/h1-6,8,10,13,20H,7,9,11H2/t13-/m1/s1. The molecule has 28 heavy (non-hydrogen) atoms. The SMILES string of the molecule is O=S1(=O)CC[C@@H](n2nc(-c3ccco3)cc2NS(=O)(=O)c2ccc(F)cc2)C1. The van der Waals surface area contributed by atoms with Crippen LogP contribution in [0, 0.1) is 5.82 Å². The molecule has 3 aromatic rings. The summed E-state index contributed by atoms with van der Waals surface area (Å²) in [6.07, 6.45) is 1.78. The van der Waals surface area contributed by atoms with E-state index in [4.69, 9.17) is 4.42 Å². The first kappa shape index (κ1) is 18.7. The minimum Gasteiger partial charge on any atom is -0.463 e. The van der Waals surface area contributed by atoms with Gasteiger partial charge in [-0.15, -0.1) is 0 Å². The summed E-state index contributed by atoms with van der Waals surface area (Å²) in [4.78, 5) is -0.125. The first-order valence-electron chi connectivity index (χ1n) is 8.36. The third kappa shape index (κ3) is 3.67. The second-order valence-electron chi connectivity index (χ2n) is 6.45. The van der Waals surface area contributed by atoms with E-state index in [1.54, 1.807) is 12.1 Å². The quantitative estimate of drug-likeness (QED) is 0.672. The van der Waals surface area contributed by atoms with Crippen LogP contribution >= 0.6 is 0 Å². The molecule has 0 radical (unpaired) electrons. The number of hydrogen-bond acceptors (Lipinski definition) is 6. The smallest absolute Gasteiger partial charge is 0.263 e. The summed E-state index contributed by atoms with van der Waals surface area (Å²) in [6, 6.07) is 8.68. The van der Waals surface area contributed by atoms with Crippen LogP contribution < -0.4 is 4.72 Å². The number of furan rings is 1. The van der Waals surface area contributed by atoms with Crippen molar-refractivity contribution in [1.29, 1.82) is 0 Å². The van der Waals surface area contributed by atoms with E-state index in [0.717, 1.165) is 24.3 Å². The molecule has 11 heteroatoms. The maximum absolute atomic E-state index is 13.1. The number of halogens is 1. The normalized spacial score (nSPS) is 19.0. The Bertz CT molecular complexity index is 1200. The van der Waals surface area contributed by atoms with Crippen LogP contribution in [0.3, 0.4) is 0 Å². The number of aromatic nitrogens is 2. The zero-order valence-electron chi connectivity index (χ0n) is 14.4. The van der Waals surface area contributed by atoms with Crippen LogP contribution in [0.4, 0.5) is 10.2 Å². The molecule has 4 rings (SSSR count). The second-order valence-corrected chi connectivity index (χ2v) is 10.4. The van der Waals surface area contributed by atoms with E-state index in [9.17, 15) is 21.2 Å². The van der Waals surface area contributed by atoms with E-state index in [-0.39, 0.29) is 22.2 Å². The Labute approximate surface area is 161 Å². The predicted molar refractivity (Wildman–Crippen MR) is 99.4 cm³/mol. The fourth-order valence-corrected chi connectivity index (χ4v) is 5.80. The predicted octanol–water partition coefficient (Wildman–Crippen LogP) is 2.44. The van der Waals surface area contributed by atoms with E-state index in [1.165, 1.54) is 17.0 Å². The van der Waals surface area contributed by atoms with Gasteiger partial charge >= 0.3 is 0 Å². The number of anilines is 1. The van der Waals surface area contributed by atoms with Crippen molar-refractivity contribution >= 4 is 25.7 Å². The Morgan fingerprint density at radius 1 is 1.21 bits per heavy atom. The molecule has 1 aromatic carbocycles. The van der Waals surface area contributed by atoms with Gasteiger partial charge in [0.05, 0.1) is 28.7 Å². The molecular weight excluding hydrogens is 409 g/mol. The van der Waals surface area contributed by atoms with Crippen molar-refractivity contribution in [3.05, 3.63) is 54.5 Å². The van der Waals surface area contributed by atoms with Gasteiger partial charge in [-0.2, -0.15) is 5.10 Å². The van der Waals surface area contributed by atoms with Gasteiger partial charge in [0.25, 0.3) is 10.0 Å². The van der Waals surface area contributed by atoms with Gasteiger partial charge in [-0.05, 0) is 42.8 Å². The van der Waals surface area contributed by atoms with Gasteiger partial charge in [-0.1, -0.05) is 0 Å². The van der Waals surface area contributed by atoms with Crippen molar-refractivity contribution in [2.24, 2.45) is 0 Å². The Morgan fingerprint density at radius 2 is 1.96 bits per heavy atom. The molecule has 1 aliphatic heterocycles. The van der Waals surface area contributed by atoms with Gasteiger partial charge < -0.3 is 4.42 Å². The molecule has 1 N–H and O–H groups in total. The minimum absolute atomic E-state index is 0.0117. The van der Waals surface area contributed by atoms with Crippen LogP contribution in [-0.2, 0) is 19.9 Å². The van der Waals surface area contributed by atoms with Crippen LogP contribution in [0.25, 0.3) is 11.5 Å². The highest BCUT2D eigenvalue weighted by Crippen LogP contribution is 2.31. The monoisotopic (exact) mass is 425 g/mol. The van der Waals surface area contributed by atoms with Crippen molar-refractivity contribution < 1.29 is 25.6 Å². The average Bonchev–Trinajstić information content (AvgIpc) is 3.34. The molecular formula is C17H16FN3O5S2. The number of nitrogens with one attached hydrogen (secondary N) is 1. The number of rotatable bonds is 5. The van der Waals surface area contributed by atoms with Gasteiger partial charge in [0, 0.05) is 6.07 Å². The van der Waals surface area contributed by atoms with Gasteiger partial charge in [-0.3, -0.25) is 4.72 Å². The van der Waals surface area contributed by atoms with Gasteiger partial charge in [0.2, 0.25) is 0 Å². The summed E-state index contributed by atoms with van der Waals surface area (Å²) in [5.74, 6) is -0.144. The highest BCUT2D eigenvalue weighted by atomic mass is 32.2. The molecule has 0 aliphatic carbocycles. The maximum Gasteiger partial charge on any atom is 0.263 e. The number of benzene rings is 1. The lowest BCUT2D eigenvalue weighted by Gasteiger charge is -2.14. The first-order valence-corrected chi connectivity index (χ1v) is 11.7. The van der Waals surface area contributed by atoms with Crippen molar-refractivity contribution in [2.75, 3.05) is 16.2 Å². The Balaban J connectivity index is 1.73. The first-order chi connectivity index (χ1) is 13.2. The van der Waals surface area contributed by atoms with Gasteiger partial charge in [-0.25, -0.2) is 25.9 Å². The molecule has 1 fully saturated rings. The molecule has 1 saturated heterocycles. The van der Waals surface area contributed by atoms with Crippen LogP contribution in [0.2, 0.25) is 0 Å². The molecule has 1 aliphatic rings. The molecule has 0 bridgehead atoms. The summed E-state index contributed by atoms with van der Waals surface area (Å²) >= 11 is 0. The van der Waals surface area contributed by atoms with Crippen LogP contribution in [0.5, 0.6) is 0 Å². The molecule has 0 saturated carbocycles. The summed E-state index contributed by atoms with van der Waals surface area (Å²) in [6.45, 7) is 0. The second kappa shape index (κ2) is 6.74. The van der Waals surface area contributed by atoms with Gasteiger partial charge in [0.15, 0.2) is 15.6 Å². The van der Waals surface area contributed by atoms with Crippen LogP contribution in [0.1, 0.15) is 12.5 Å². The van der Waals surface area contributed by atoms with Crippen molar-refractivity contribution in [2.45, 2.75) is 17.4 Å². The van der Waals surface area contributed by atoms with E-state index in [2.05, 4.69) is 9.82 Å². The summed E-state index contributed by atoms with van der Waals surface area (Å²) in [5, 5.41) is 4.36. The Kier molecular flexibility index (Phi) is 4.50. The molecule has 3 heterocycles. The minimum atomic E-state index is -4.02. The van der Waals surface area contributed by atoms with E-state index < -0.39 is 31.7 Å². The Morgan fingerprint density at radius 3 is 2.57 bits per heavy atom. The summed E-state index contributed by atoms with van der Waals surface area (Å²) in [5.41, 5.74) is 0.367. The Hall–Kier alpha value is -2.66. The van der Waals surface area contributed by atoms with Crippen LogP contribution in [-0.4, -0.2) is 38.1 Å². The summed E-state index contributed by atoms with van der Waals surface area (Å²) < 4.78 is 71.3. The molecule has 0 unspecified atom stereocenters. The molecule has 0 amide bonds. The van der Waals surface area contributed by atoms with Crippen molar-refractivity contribution in [3.8, 4) is 11.5 Å². The summed E-state index contributed by atoms with van der Waals surface area (Å²) in [7, 11) is -7.23. The largest absolute Gasteiger partial charge is 0.463 e. The molecule has 148 valence electrons. The fourth-order valence-electron chi connectivity index (χ4n) is 3.07. The third-order valence-corrected chi connectivity index (χ3v) is 7.55. The zero-order valence-corrected chi connectivity index (χ0v) is 16.1. The fraction of sp³-hybridized carbons (Fsp3) is 0.235. The molecule has 2 aromatic heterocycles. The van der Waals surface area contributed by atoms with E-state index in [0.29, 0.717) is 17.9 Å². The average molecular weight is 425 g/mol. The lowest BCUT2D eigenvalue weighted by atomic mass is 10.3.